The number of anilines is 1. The van der Waals surface area contributed by atoms with E-state index in [4.69, 9.17) is 13.9 Å². The second-order valence-corrected chi connectivity index (χ2v) is 7.59. The van der Waals surface area contributed by atoms with E-state index in [0.717, 1.165) is 18.6 Å². The molecule has 166 valence electrons. The summed E-state index contributed by atoms with van der Waals surface area (Å²) in [4.78, 5) is 27.0. The SMILES string of the molecule is CCOc1ccc(Oc2ccc(NC(=O)C3CCCN(C(=O)c4ccco4)C3)cc2)cc1. The fraction of sp³-hybridized carbons (Fsp3) is 0.280. The number of rotatable bonds is 7. The molecular formula is C25H26N2O5. The largest absolute Gasteiger partial charge is 0.494 e. The summed E-state index contributed by atoms with van der Waals surface area (Å²) in [5, 5.41) is 2.95. The Balaban J connectivity index is 1.31. The molecule has 1 atom stereocenters. The van der Waals surface area contributed by atoms with Crippen LogP contribution in [-0.2, 0) is 4.79 Å². The molecule has 0 aliphatic carbocycles. The average Bonchev–Trinajstić information content (AvgIpc) is 3.36. The van der Waals surface area contributed by atoms with Crippen molar-refractivity contribution in [2.24, 2.45) is 5.92 Å². The Bertz CT molecular complexity index is 1030. The number of benzene rings is 2. The maximum atomic E-state index is 12.8. The molecule has 3 aromatic rings. The highest BCUT2D eigenvalue weighted by Gasteiger charge is 2.29. The van der Waals surface area contributed by atoms with Crippen molar-refractivity contribution in [2.75, 3.05) is 25.0 Å². The lowest BCUT2D eigenvalue weighted by atomic mass is 9.96. The molecule has 1 aliphatic heterocycles. The molecule has 2 amide bonds. The van der Waals surface area contributed by atoms with Crippen molar-refractivity contribution in [3.05, 3.63) is 72.7 Å². The first-order valence-corrected chi connectivity index (χ1v) is 10.8. The lowest BCUT2D eigenvalue weighted by molar-refractivity contribution is -0.121. The summed E-state index contributed by atoms with van der Waals surface area (Å²) in [6, 6.07) is 18.0. The molecule has 7 nitrogen and oxygen atoms in total. The van der Waals surface area contributed by atoms with Crippen LogP contribution in [0, 0.1) is 5.92 Å². The minimum Gasteiger partial charge on any atom is -0.494 e. The van der Waals surface area contributed by atoms with Crippen LogP contribution in [-0.4, -0.2) is 36.4 Å². The molecule has 4 rings (SSSR count). The maximum absolute atomic E-state index is 12.8. The van der Waals surface area contributed by atoms with Gasteiger partial charge in [-0.1, -0.05) is 0 Å². The molecule has 0 saturated carbocycles. The summed E-state index contributed by atoms with van der Waals surface area (Å²) in [5.74, 6) is 1.93. The smallest absolute Gasteiger partial charge is 0.289 e. The fourth-order valence-corrected chi connectivity index (χ4v) is 3.69. The zero-order valence-electron chi connectivity index (χ0n) is 18.0. The van der Waals surface area contributed by atoms with Gasteiger partial charge in [0.05, 0.1) is 18.8 Å². The normalized spacial score (nSPS) is 15.8. The van der Waals surface area contributed by atoms with Gasteiger partial charge in [-0.05, 0) is 80.4 Å². The fourth-order valence-electron chi connectivity index (χ4n) is 3.69. The summed E-state index contributed by atoms with van der Waals surface area (Å²) in [6.45, 7) is 3.56. The van der Waals surface area contributed by atoms with Crippen LogP contribution in [0.2, 0.25) is 0 Å². The Morgan fingerprint density at radius 2 is 1.72 bits per heavy atom. The van der Waals surface area contributed by atoms with Gasteiger partial charge in [-0.15, -0.1) is 0 Å². The quantitative estimate of drug-likeness (QED) is 0.568. The van der Waals surface area contributed by atoms with Gasteiger partial charge in [0.15, 0.2) is 5.76 Å². The van der Waals surface area contributed by atoms with Gasteiger partial charge in [-0.2, -0.15) is 0 Å². The van der Waals surface area contributed by atoms with E-state index in [2.05, 4.69) is 5.32 Å². The maximum Gasteiger partial charge on any atom is 0.289 e. The van der Waals surface area contributed by atoms with E-state index in [1.807, 2.05) is 31.2 Å². The number of hydrogen-bond donors (Lipinski definition) is 1. The number of carbonyl (C=O) groups excluding carboxylic acids is 2. The van der Waals surface area contributed by atoms with Crippen molar-refractivity contribution in [3.63, 3.8) is 0 Å². The minimum atomic E-state index is -0.262. The topological polar surface area (TPSA) is 81.0 Å². The Hall–Kier alpha value is -3.74. The van der Waals surface area contributed by atoms with Gasteiger partial charge in [-0.3, -0.25) is 9.59 Å². The van der Waals surface area contributed by atoms with E-state index in [0.29, 0.717) is 42.6 Å². The predicted octanol–water partition coefficient (Wildman–Crippen LogP) is 4.96. The third kappa shape index (κ3) is 5.29. The Morgan fingerprint density at radius 1 is 1.03 bits per heavy atom. The number of nitrogens with one attached hydrogen (secondary N) is 1. The van der Waals surface area contributed by atoms with Crippen molar-refractivity contribution in [1.29, 1.82) is 0 Å². The second kappa shape index (κ2) is 10.0. The van der Waals surface area contributed by atoms with E-state index in [9.17, 15) is 9.59 Å². The highest BCUT2D eigenvalue weighted by atomic mass is 16.5. The molecule has 0 radical (unpaired) electrons. The summed E-state index contributed by atoms with van der Waals surface area (Å²) < 4.78 is 16.5. The number of furan rings is 1. The van der Waals surface area contributed by atoms with Gasteiger partial charge in [-0.25, -0.2) is 0 Å². The molecule has 1 N–H and O–H groups in total. The first-order valence-electron chi connectivity index (χ1n) is 10.8. The number of hydrogen-bond acceptors (Lipinski definition) is 5. The number of carbonyl (C=O) groups is 2. The first-order chi connectivity index (χ1) is 15.6. The molecule has 2 heterocycles. The lowest BCUT2D eigenvalue weighted by Gasteiger charge is -2.31. The summed E-state index contributed by atoms with van der Waals surface area (Å²) in [6.07, 6.45) is 3.00. The zero-order chi connectivity index (χ0) is 22.3. The van der Waals surface area contributed by atoms with Gasteiger partial charge < -0.3 is 24.1 Å². The minimum absolute atomic E-state index is 0.0953. The Kier molecular flexibility index (Phi) is 6.75. The van der Waals surface area contributed by atoms with Gasteiger partial charge in [0.2, 0.25) is 5.91 Å². The first kappa shape index (κ1) is 21.5. The molecular weight excluding hydrogens is 408 g/mol. The Labute approximate surface area is 186 Å². The van der Waals surface area contributed by atoms with Gasteiger partial charge >= 0.3 is 0 Å². The molecule has 1 aromatic heterocycles. The van der Waals surface area contributed by atoms with Crippen LogP contribution in [0.4, 0.5) is 5.69 Å². The van der Waals surface area contributed by atoms with E-state index in [1.54, 1.807) is 41.3 Å². The van der Waals surface area contributed by atoms with E-state index in [1.165, 1.54) is 6.26 Å². The van der Waals surface area contributed by atoms with E-state index >= 15 is 0 Å². The molecule has 0 bridgehead atoms. The van der Waals surface area contributed by atoms with Crippen LogP contribution in [0.5, 0.6) is 17.2 Å². The van der Waals surface area contributed by atoms with E-state index in [-0.39, 0.29) is 17.7 Å². The standard InChI is InChI=1S/C25H26N2O5/c1-2-30-20-11-13-22(14-12-20)32-21-9-7-19(8-10-21)26-24(28)18-5-3-15-27(17-18)25(29)23-6-4-16-31-23/h4,6-14,16,18H,2-3,5,15,17H2,1H3,(H,26,28). The van der Waals surface area contributed by atoms with Crippen molar-refractivity contribution in [2.45, 2.75) is 19.8 Å². The monoisotopic (exact) mass is 434 g/mol. The van der Waals surface area contributed by atoms with Gasteiger partial charge in [0, 0.05) is 18.8 Å². The number of ether oxygens (including phenoxy) is 2. The lowest BCUT2D eigenvalue weighted by Crippen LogP contribution is -2.43. The molecule has 2 aromatic carbocycles. The van der Waals surface area contributed by atoms with E-state index < -0.39 is 0 Å². The summed E-state index contributed by atoms with van der Waals surface area (Å²) in [7, 11) is 0. The van der Waals surface area contributed by atoms with Crippen LogP contribution < -0.4 is 14.8 Å². The van der Waals surface area contributed by atoms with Crippen molar-refractivity contribution in [3.8, 4) is 17.2 Å². The number of amides is 2. The Morgan fingerprint density at radius 3 is 2.38 bits per heavy atom. The molecule has 1 saturated heterocycles. The molecule has 1 aliphatic rings. The molecule has 1 fully saturated rings. The third-order valence-corrected chi connectivity index (χ3v) is 5.30. The molecule has 7 heteroatoms. The van der Waals surface area contributed by atoms with Crippen LogP contribution in [0.1, 0.15) is 30.3 Å². The second-order valence-electron chi connectivity index (χ2n) is 7.59. The average molecular weight is 434 g/mol. The zero-order valence-corrected chi connectivity index (χ0v) is 18.0. The van der Waals surface area contributed by atoms with Crippen molar-refractivity contribution < 1.29 is 23.5 Å². The van der Waals surface area contributed by atoms with Crippen LogP contribution in [0.3, 0.4) is 0 Å². The highest BCUT2D eigenvalue weighted by Crippen LogP contribution is 2.26. The summed E-state index contributed by atoms with van der Waals surface area (Å²) in [5.41, 5.74) is 0.684. The van der Waals surface area contributed by atoms with Crippen LogP contribution in [0.15, 0.2) is 71.3 Å². The highest BCUT2D eigenvalue weighted by molar-refractivity contribution is 5.95. The molecule has 32 heavy (non-hydrogen) atoms. The number of likely N-dealkylation sites (tertiary alicyclic amines) is 1. The van der Waals surface area contributed by atoms with Crippen molar-refractivity contribution >= 4 is 17.5 Å². The number of nitrogens with zero attached hydrogens (tertiary/aromatic N) is 1. The molecule has 0 spiro atoms. The molecule has 1 unspecified atom stereocenters. The predicted molar refractivity (Wildman–Crippen MR) is 120 cm³/mol. The van der Waals surface area contributed by atoms with Gasteiger partial charge in [0.25, 0.3) is 5.91 Å². The number of piperidine rings is 1. The third-order valence-electron chi connectivity index (χ3n) is 5.30. The van der Waals surface area contributed by atoms with Crippen LogP contribution >= 0.6 is 0 Å². The van der Waals surface area contributed by atoms with Crippen molar-refractivity contribution in [1.82, 2.24) is 4.90 Å². The van der Waals surface area contributed by atoms with Gasteiger partial charge in [0.1, 0.15) is 17.2 Å². The van der Waals surface area contributed by atoms with Crippen LogP contribution in [0.25, 0.3) is 0 Å². The summed E-state index contributed by atoms with van der Waals surface area (Å²) >= 11 is 0.